The summed E-state index contributed by atoms with van der Waals surface area (Å²) in [5.74, 6) is 1.73. The minimum atomic E-state index is 0.691. The van der Waals surface area contributed by atoms with Crippen LogP contribution in [0.1, 0.15) is 12.5 Å². The van der Waals surface area contributed by atoms with Gasteiger partial charge in [0.05, 0.1) is 18.2 Å². The molecule has 0 fully saturated rings. The number of rotatable bonds is 6. The summed E-state index contributed by atoms with van der Waals surface area (Å²) < 4.78 is 11.7. The second kappa shape index (κ2) is 7.20. The first-order valence-electron chi connectivity index (χ1n) is 6.52. The van der Waals surface area contributed by atoms with Crippen LogP contribution in [0, 0.1) is 0 Å². The maximum absolute atomic E-state index is 5.42. The van der Waals surface area contributed by atoms with E-state index in [4.69, 9.17) is 9.47 Å². The molecule has 0 bridgehead atoms. The maximum atomic E-state index is 5.42. The predicted molar refractivity (Wildman–Crippen MR) is 85.6 cm³/mol. The first kappa shape index (κ1) is 14.7. The zero-order chi connectivity index (χ0) is 14.4. The second-order valence-corrected chi connectivity index (χ2v) is 5.13. The standard InChI is InChI=1S/C16H18BrNO2/c1-3-20-14-7-4-12(5-8-14)11-18-13-6-9-15(17)16(10-13)19-2/h4-10,18H,3,11H2,1-2H3. The van der Waals surface area contributed by atoms with Gasteiger partial charge in [0, 0.05) is 18.3 Å². The quantitative estimate of drug-likeness (QED) is 0.844. The van der Waals surface area contributed by atoms with Crippen LogP contribution < -0.4 is 14.8 Å². The van der Waals surface area contributed by atoms with Crippen molar-refractivity contribution >= 4 is 21.6 Å². The molecule has 0 amide bonds. The number of anilines is 1. The molecule has 2 rings (SSSR count). The van der Waals surface area contributed by atoms with Crippen LogP contribution in [0.25, 0.3) is 0 Å². The molecule has 0 aliphatic carbocycles. The fourth-order valence-electron chi connectivity index (χ4n) is 1.84. The van der Waals surface area contributed by atoms with Crippen molar-refractivity contribution in [3.63, 3.8) is 0 Å². The van der Waals surface area contributed by atoms with Crippen LogP contribution >= 0.6 is 15.9 Å². The van der Waals surface area contributed by atoms with Crippen molar-refractivity contribution < 1.29 is 9.47 Å². The van der Waals surface area contributed by atoms with Gasteiger partial charge >= 0.3 is 0 Å². The maximum Gasteiger partial charge on any atom is 0.135 e. The SMILES string of the molecule is CCOc1ccc(CNc2ccc(Br)c(OC)c2)cc1. The molecule has 0 unspecified atom stereocenters. The molecule has 0 aliphatic heterocycles. The summed E-state index contributed by atoms with van der Waals surface area (Å²) in [6, 6.07) is 14.1. The van der Waals surface area contributed by atoms with Gasteiger partial charge in [-0.1, -0.05) is 12.1 Å². The first-order chi connectivity index (χ1) is 9.72. The highest BCUT2D eigenvalue weighted by molar-refractivity contribution is 9.10. The molecule has 0 radical (unpaired) electrons. The number of ether oxygens (including phenoxy) is 2. The zero-order valence-corrected chi connectivity index (χ0v) is 13.2. The minimum absolute atomic E-state index is 0.691. The van der Waals surface area contributed by atoms with E-state index in [1.807, 2.05) is 37.3 Å². The average Bonchev–Trinajstić information content (AvgIpc) is 2.48. The van der Waals surface area contributed by atoms with Crippen molar-refractivity contribution in [2.45, 2.75) is 13.5 Å². The summed E-state index contributed by atoms with van der Waals surface area (Å²) >= 11 is 3.44. The molecule has 0 spiro atoms. The van der Waals surface area contributed by atoms with Gasteiger partial charge in [-0.25, -0.2) is 0 Å². The van der Waals surface area contributed by atoms with Gasteiger partial charge in [-0.05, 0) is 52.7 Å². The Labute approximate surface area is 128 Å². The van der Waals surface area contributed by atoms with Crippen molar-refractivity contribution in [2.24, 2.45) is 0 Å². The summed E-state index contributed by atoms with van der Waals surface area (Å²) in [4.78, 5) is 0. The van der Waals surface area contributed by atoms with E-state index >= 15 is 0 Å². The van der Waals surface area contributed by atoms with Gasteiger partial charge < -0.3 is 14.8 Å². The number of nitrogens with one attached hydrogen (secondary N) is 1. The zero-order valence-electron chi connectivity index (χ0n) is 11.7. The topological polar surface area (TPSA) is 30.5 Å². The summed E-state index contributed by atoms with van der Waals surface area (Å²) in [6.07, 6.45) is 0. The minimum Gasteiger partial charge on any atom is -0.495 e. The third kappa shape index (κ3) is 3.90. The lowest BCUT2D eigenvalue weighted by molar-refractivity contribution is 0.340. The lowest BCUT2D eigenvalue weighted by Gasteiger charge is -2.10. The van der Waals surface area contributed by atoms with E-state index in [2.05, 4.69) is 33.4 Å². The predicted octanol–water partition coefficient (Wildman–Crippen LogP) is 4.47. The lowest BCUT2D eigenvalue weighted by atomic mass is 10.2. The molecule has 106 valence electrons. The highest BCUT2D eigenvalue weighted by atomic mass is 79.9. The van der Waals surface area contributed by atoms with Crippen molar-refractivity contribution in [3.8, 4) is 11.5 Å². The molecule has 0 saturated heterocycles. The number of halogens is 1. The number of hydrogen-bond acceptors (Lipinski definition) is 3. The molecule has 0 heterocycles. The molecule has 2 aromatic rings. The molecule has 0 aromatic heterocycles. The molecule has 20 heavy (non-hydrogen) atoms. The van der Waals surface area contributed by atoms with Crippen LogP contribution in [0.2, 0.25) is 0 Å². The van der Waals surface area contributed by atoms with Gasteiger partial charge in [0.1, 0.15) is 11.5 Å². The van der Waals surface area contributed by atoms with E-state index in [1.54, 1.807) is 7.11 Å². The number of benzene rings is 2. The molecule has 0 atom stereocenters. The normalized spacial score (nSPS) is 10.2. The summed E-state index contributed by atoms with van der Waals surface area (Å²) in [7, 11) is 1.66. The van der Waals surface area contributed by atoms with E-state index in [0.717, 1.165) is 28.2 Å². The Morgan fingerprint density at radius 1 is 1.10 bits per heavy atom. The molecule has 2 aromatic carbocycles. The van der Waals surface area contributed by atoms with Crippen LogP contribution in [-0.4, -0.2) is 13.7 Å². The molecule has 0 saturated carbocycles. The van der Waals surface area contributed by atoms with Crippen LogP contribution in [-0.2, 0) is 6.54 Å². The third-order valence-electron chi connectivity index (χ3n) is 2.88. The van der Waals surface area contributed by atoms with E-state index in [9.17, 15) is 0 Å². The Morgan fingerprint density at radius 3 is 2.50 bits per heavy atom. The fourth-order valence-corrected chi connectivity index (χ4v) is 2.25. The second-order valence-electron chi connectivity index (χ2n) is 4.28. The van der Waals surface area contributed by atoms with Crippen molar-refractivity contribution in [3.05, 3.63) is 52.5 Å². The highest BCUT2D eigenvalue weighted by Crippen LogP contribution is 2.28. The van der Waals surface area contributed by atoms with Gasteiger partial charge in [-0.2, -0.15) is 0 Å². The fraction of sp³-hybridized carbons (Fsp3) is 0.250. The summed E-state index contributed by atoms with van der Waals surface area (Å²) in [5.41, 5.74) is 2.23. The Bertz CT molecular complexity index is 555. The van der Waals surface area contributed by atoms with Crippen molar-refractivity contribution in [1.82, 2.24) is 0 Å². The van der Waals surface area contributed by atoms with Crippen molar-refractivity contribution in [1.29, 1.82) is 0 Å². The van der Waals surface area contributed by atoms with Crippen molar-refractivity contribution in [2.75, 3.05) is 19.0 Å². The Morgan fingerprint density at radius 2 is 1.85 bits per heavy atom. The van der Waals surface area contributed by atoms with E-state index in [1.165, 1.54) is 5.56 Å². The highest BCUT2D eigenvalue weighted by Gasteiger charge is 2.01. The van der Waals surface area contributed by atoms with Crippen LogP contribution in [0.4, 0.5) is 5.69 Å². The smallest absolute Gasteiger partial charge is 0.135 e. The summed E-state index contributed by atoms with van der Waals surface area (Å²) in [6.45, 7) is 3.43. The Kier molecular flexibility index (Phi) is 5.30. The van der Waals surface area contributed by atoms with Crippen LogP contribution in [0.3, 0.4) is 0 Å². The third-order valence-corrected chi connectivity index (χ3v) is 3.54. The first-order valence-corrected chi connectivity index (χ1v) is 7.31. The van der Waals surface area contributed by atoms with Gasteiger partial charge in [0.2, 0.25) is 0 Å². The monoisotopic (exact) mass is 335 g/mol. The molecular weight excluding hydrogens is 318 g/mol. The van der Waals surface area contributed by atoms with Gasteiger partial charge in [0.25, 0.3) is 0 Å². The molecule has 0 aliphatic rings. The van der Waals surface area contributed by atoms with Gasteiger partial charge in [-0.15, -0.1) is 0 Å². The van der Waals surface area contributed by atoms with E-state index in [0.29, 0.717) is 6.61 Å². The average molecular weight is 336 g/mol. The Hall–Kier alpha value is -1.68. The van der Waals surface area contributed by atoms with Gasteiger partial charge in [-0.3, -0.25) is 0 Å². The number of methoxy groups -OCH3 is 1. The Balaban J connectivity index is 1.97. The molecule has 1 N–H and O–H groups in total. The van der Waals surface area contributed by atoms with E-state index in [-0.39, 0.29) is 0 Å². The largest absolute Gasteiger partial charge is 0.495 e. The lowest BCUT2D eigenvalue weighted by Crippen LogP contribution is -2.00. The molecular formula is C16H18BrNO2. The molecule has 3 nitrogen and oxygen atoms in total. The van der Waals surface area contributed by atoms with Crippen LogP contribution in [0.15, 0.2) is 46.9 Å². The van der Waals surface area contributed by atoms with E-state index < -0.39 is 0 Å². The summed E-state index contributed by atoms with van der Waals surface area (Å²) in [5, 5.41) is 3.37. The number of hydrogen-bond donors (Lipinski definition) is 1. The van der Waals surface area contributed by atoms with Gasteiger partial charge in [0.15, 0.2) is 0 Å². The van der Waals surface area contributed by atoms with Crippen LogP contribution in [0.5, 0.6) is 11.5 Å². The molecule has 4 heteroatoms.